The molecule has 0 saturated carbocycles. The summed E-state index contributed by atoms with van der Waals surface area (Å²) in [5.74, 6) is 0.353. The summed E-state index contributed by atoms with van der Waals surface area (Å²) in [4.78, 5) is 15.9. The third-order valence-corrected chi connectivity index (χ3v) is 3.78. The van der Waals surface area contributed by atoms with Crippen molar-refractivity contribution in [2.45, 2.75) is 32.8 Å². The van der Waals surface area contributed by atoms with Gasteiger partial charge in [-0.25, -0.2) is 9.78 Å². The average molecular weight is 305 g/mol. The first-order valence-corrected chi connectivity index (χ1v) is 7.54. The maximum absolute atomic E-state index is 11.3. The van der Waals surface area contributed by atoms with Crippen molar-refractivity contribution in [3.63, 3.8) is 0 Å². The number of hydrogen-bond acceptors (Lipinski definition) is 5. The van der Waals surface area contributed by atoms with Crippen LogP contribution in [0.5, 0.6) is 5.75 Å². The fourth-order valence-electron chi connectivity index (χ4n) is 1.67. The number of ether oxygens (including phenoxy) is 2. The summed E-state index contributed by atoms with van der Waals surface area (Å²) in [5, 5.41) is 3.01. The molecule has 0 bridgehead atoms. The molecule has 0 aliphatic rings. The van der Waals surface area contributed by atoms with Gasteiger partial charge >= 0.3 is 5.97 Å². The van der Waals surface area contributed by atoms with Crippen LogP contribution in [0.1, 0.15) is 41.8 Å². The maximum Gasteiger partial charge on any atom is 0.337 e. The van der Waals surface area contributed by atoms with Crippen LogP contribution in [-0.4, -0.2) is 18.1 Å². The molecule has 0 atom stereocenters. The van der Waals surface area contributed by atoms with Crippen LogP contribution in [0.15, 0.2) is 29.6 Å². The summed E-state index contributed by atoms with van der Waals surface area (Å²) in [7, 11) is 1.36. The van der Waals surface area contributed by atoms with E-state index >= 15 is 0 Å². The van der Waals surface area contributed by atoms with E-state index in [0.29, 0.717) is 17.9 Å². The molecule has 0 aliphatic carbocycles. The molecule has 0 saturated heterocycles. The summed E-state index contributed by atoms with van der Waals surface area (Å²) < 4.78 is 10.3. The zero-order valence-electron chi connectivity index (χ0n) is 12.7. The Kier molecular flexibility index (Phi) is 4.63. The quantitative estimate of drug-likeness (QED) is 0.806. The number of esters is 1. The molecule has 112 valence electrons. The molecule has 0 fully saturated rings. The lowest BCUT2D eigenvalue weighted by Gasteiger charge is -2.14. The van der Waals surface area contributed by atoms with E-state index in [2.05, 4.69) is 35.9 Å². The molecule has 0 N–H and O–H groups in total. The number of benzene rings is 1. The molecule has 2 aromatic rings. The minimum absolute atomic E-state index is 0.0525. The van der Waals surface area contributed by atoms with Crippen LogP contribution >= 0.6 is 11.3 Å². The monoisotopic (exact) mass is 305 g/mol. The normalized spacial score (nSPS) is 11.2. The molecule has 0 aliphatic heterocycles. The van der Waals surface area contributed by atoms with Gasteiger partial charge in [-0.05, 0) is 24.3 Å². The summed E-state index contributed by atoms with van der Waals surface area (Å²) in [5.41, 5.74) is 1.64. The lowest BCUT2D eigenvalue weighted by atomic mass is 9.93. The Labute approximate surface area is 128 Å². The SMILES string of the molecule is COC(=O)c1ccc(OCc2nc(C(C)(C)C)cs2)cc1. The Bertz CT molecular complexity index is 611. The molecule has 21 heavy (non-hydrogen) atoms. The Morgan fingerprint density at radius 3 is 2.43 bits per heavy atom. The first-order chi connectivity index (χ1) is 9.90. The van der Waals surface area contributed by atoms with E-state index in [9.17, 15) is 4.79 Å². The van der Waals surface area contributed by atoms with Gasteiger partial charge in [0.05, 0.1) is 18.4 Å². The number of hydrogen-bond donors (Lipinski definition) is 0. The van der Waals surface area contributed by atoms with Crippen LogP contribution in [0, 0.1) is 0 Å². The third kappa shape index (κ3) is 4.04. The van der Waals surface area contributed by atoms with Gasteiger partial charge in [-0.1, -0.05) is 20.8 Å². The Hall–Kier alpha value is -1.88. The lowest BCUT2D eigenvalue weighted by molar-refractivity contribution is 0.0600. The molecule has 1 aromatic carbocycles. The highest BCUT2D eigenvalue weighted by Gasteiger charge is 2.17. The van der Waals surface area contributed by atoms with Crippen LogP contribution in [0.3, 0.4) is 0 Å². The van der Waals surface area contributed by atoms with Crippen LogP contribution in [0.2, 0.25) is 0 Å². The number of aromatic nitrogens is 1. The first-order valence-electron chi connectivity index (χ1n) is 6.66. The van der Waals surface area contributed by atoms with Crippen LogP contribution in [-0.2, 0) is 16.8 Å². The van der Waals surface area contributed by atoms with Crippen molar-refractivity contribution >= 4 is 17.3 Å². The number of nitrogens with zero attached hydrogens (tertiary/aromatic N) is 1. The molecule has 1 heterocycles. The van der Waals surface area contributed by atoms with Crippen molar-refractivity contribution in [1.29, 1.82) is 0 Å². The van der Waals surface area contributed by atoms with Crippen molar-refractivity contribution in [2.75, 3.05) is 7.11 Å². The van der Waals surface area contributed by atoms with E-state index in [4.69, 9.17) is 4.74 Å². The maximum atomic E-state index is 11.3. The fourth-order valence-corrected chi connectivity index (χ4v) is 2.60. The second-order valence-corrected chi connectivity index (χ2v) is 6.62. The van der Waals surface area contributed by atoms with Crippen LogP contribution in [0.4, 0.5) is 0 Å². The molecular formula is C16H19NO3S. The van der Waals surface area contributed by atoms with Crippen molar-refractivity contribution in [1.82, 2.24) is 4.98 Å². The predicted molar refractivity (Wildman–Crippen MR) is 82.9 cm³/mol. The van der Waals surface area contributed by atoms with Crippen molar-refractivity contribution in [3.05, 3.63) is 45.9 Å². The van der Waals surface area contributed by atoms with Gasteiger partial charge in [0.25, 0.3) is 0 Å². The number of carbonyl (C=O) groups excluding carboxylic acids is 1. The summed E-state index contributed by atoms with van der Waals surface area (Å²) in [6.07, 6.45) is 0. The van der Waals surface area contributed by atoms with Gasteiger partial charge in [-0.2, -0.15) is 0 Å². The average Bonchev–Trinajstić information content (AvgIpc) is 2.94. The minimum Gasteiger partial charge on any atom is -0.486 e. The summed E-state index contributed by atoms with van der Waals surface area (Å²) >= 11 is 1.60. The van der Waals surface area contributed by atoms with Gasteiger partial charge < -0.3 is 9.47 Å². The molecule has 2 rings (SSSR count). The van der Waals surface area contributed by atoms with Crippen LogP contribution < -0.4 is 4.74 Å². The summed E-state index contributed by atoms with van der Waals surface area (Å²) in [6, 6.07) is 6.88. The lowest BCUT2D eigenvalue weighted by Crippen LogP contribution is -2.11. The van der Waals surface area contributed by atoms with Gasteiger partial charge in [-0.15, -0.1) is 11.3 Å². The van der Waals surface area contributed by atoms with Gasteiger partial charge in [-0.3, -0.25) is 0 Å². The topological polar surface area (TPSA) is 48.4 Å². The minimum atomic E-state index is -0.351. The van der Waals surface area contributed by atoms with E-state index in [1.807, 2.05) is 0 Å². The highest BCUT2D eigenvalue weighted by molar-refractivity contribution is 7.09. The molecule has 0 unspecified atom stereocenters. The van der Waals surface area contributed by atoms with Gasteiger partial charge in [0.15, 0.2) is 0 Å². The predicted octanol–water partition coefficient (Wildman–Crippen LogP) is 3.81. The smallest absolute Gasteiger partial charge is 0.337 e. The van der Waals surface area contributed by atoms with Gasteiger partial charge in [0.2, 0.25) is 0 Å². The van der Waals surface area contributed by atoms with Crippen molar-refractivity contribution in [2.24, 2.45) is 0 Å². The van der Waals surface area contributed by atoms with Gasteiger partial charge in [0.1, 0.15) is 17.4 Å². The van der Waals surface area contributed by atoms with E-state index < -0.39 is 0 Å². The molecule has 0 amide bonds. The second-order valence-electron chi connectivity index (χ2n) is 5.68. The van der Waals surface area contributed by atoms with Crippen LogP contribution in [0.25, 0.3) is 0 Å². The van der Waals surface area contributed by atoms with E-state index in [1.165, 1.54) is 7.11 Å². The molecule has 0 spiro atoms. The zero-order valence-corrected chi connectivity index (χ0v) is 13.5. The highest BCUT2D eigenvalue weighted by Crippen LogP contribution is 2.24. The summed E-state index contributed by atoms with van der Waals surface area (Å²) in [6.45, 7) is 6.84. The highest BCUT2D eigenvalue weighted by atomic mass is 32.1. The molecular weight excluding hydrogens is 286 g/mol. The standard InChI is InChI=1S/C16H19NO3S/c1-16(2,3)13-10-21-14(17-13)9-20-12-7-5-11(6-8-12)15(18)19-4/h5-8,10H,9H2,1-4H3. The zero-order chi connectivity index (χ0) is 15.5. The van der Waals surface area contributed by atoms with Gasteiger partial charge in [0, 0.05) is 10.8 Å². The molecule has 1 aromatic heterocycles. The number of methoxy groups -OCH3 is 1. The second kappa shape index (κ2) is 6.26. The Morgan fingerprint density at radius 2 is 1.90 bits per heavy atom. The first kappa shape index (κ1) is 15.5. The van der Waals surface area contributed by atoms with E-state index in [-0.39, 0.29) is 11.4 Å². The number of thiazole rings is 1. The van der Waals surface area contributed by atoms with E-state index in [0.717, 1.165) is 10.7 Å². The Balaban J connectivity index is 1.97. The fraction of sp³-hybridized carbons (Fsp3) is 0.375. The molecule has 5 heteroatoms. The van der Waals surface area contributed by atoms with E-state index in [1.54, 1.807) is 35.6 Å². The van der Waals surface area contributed by atoms with Crippen molar-refractivity contribution in [3.8, 4) is 5.75 Å². The largest absolute Gasteiger partial charge is 0.486 e. The number of carbonyl (C=O) groups is 1. The Morgan fingerprint density at radius 1 is 1.24 bits per heavy atom. The third-order valence-electron chi connectivity index (χ3n) is 2.96. The number of rotatable bonds is 4. The molecule has 0 radical (unpaired) electrons. The molecule has 4 nitrogen and oxygen atoms in total. The van der Waals surface area contributed by atoms with Crippen molar-refractivity contribution < 1.29 is 14.3 Å².